The van der Waals surface area contributed by atoms with E-state index in [-0.39, 0.29) is 29.6 Å². The van der Waals surface area contributed by atoms with E-state index in [9.17, 15) is 21.6 Å². The second-order valence-corrected chi connectivity index (χ2v) is 9.48. The fourth-order valence-corrected chi connectivity index (χ4v) is 4.84. The molecule has 0 amide bonds. The van der Waals surface area contributed by atoms with E-state index in [1.165, 1.54) is 22.6 Å². The van der Waals surface area contributed by atoms with Crippen LogP contribution in [0.25, 0.3) is 11.4 Å². The summed E-state index contributed by atoms with van der Waals surface area (Å²) in [5.74, 6) is -1.64. The Morgan fingerprint density at radius 1 is 1.19 bits per heavy atom. The predicted octanol–water partition coefficient (Wildman–Crippen LogP) is 3.79. The van der Waals surface area contributed by atoms with Crippen LogP contribution in [-0.2, 0) is 22.0 Å². The second-order valence-electron chi connectivity index (χ2n) is 7.08. The predicted molar refractivity (Wildman–Crippen MR) is 107 cm³/mol. The van der Waals surface area contributed by atoms with Crippen LogP contribution in [-0.4, -0.2) is 47.0 Å². The summed E-state index contributed by atoms with van der Waals surface area (Å²) in [4.78, 5) is 7.34. The Kier molecular flexibility index (Phi) is 6.10. The number of pyridine rings is 1. The smallest absolute Gasteiger partial charge is 0.471 e. The first-order valence-corrected chi connectivity index (χ1v) is 11.4. The Morgan fingerprint density at radius 2 is 1.94 bits per heavy atom. The number of nitrogens with zero attached hydrogens (tertiary/aromatic N) is 4. The van der Waals surface area contributed by atoms with Crippen LogP contribution in [0.4, 0.5) is 13.2 Å². The molecule has 4 rings (SSSR count). The van der Waals surface area contributed by atoms with Crippen molar-refractivity contribution < 1.29 is 30.8 Å². The Labute approximate surface area is 186 Å². The first-order valence-electron chi connectivity index (χ1n) is 9.36. The van der Waals surface area contributed by atoms with E-state index in [4.69, 9.17) is 16.3 Å². The number of halogens is 4. The van der Waals surface area contributed by atoms with Crippen molar-refractivity contribution in [1.29, 1.82) is 0 Å². The molecule has 1 aromatic carbocycles. The maximum atomic E-state index is 12.7. The highest BCUT2D eigenvalue weighted by atomic mass is 35.5. The van der Waals surface area contributed by atoms with Crippen LogP contribution in [0, 0.1) is 0 Å². The van der Waals surface area contributed by atoms with Gasteiger partial charge in [-0.3, -0.25) is 0 Å². The summed E-state index contributed by atoms with van der Waals surface area (Å²) in [5, 5.41) is 3.82. The molecule has 8 nitrogen and oxygen atoms in total. The van der Waals surface area contributed by atoms with Crippen LogP contribution in [0.1, 0.15) is 17.9 Å². The summed E-state index contributed by atoms with van der Waals surface area (Å²) in [7, 11) is -3.53. The molecule has 1 aliphatic heterocycles. The molecule has 3 heterocycles. The molecule has 0 unspecified atom stereocenters. The number of sulfonamides is 1. The lowest BCUT2D eigenvalue weighted by atomic mass is 10.2. The minimum absolute atomic E-state index is 0.144. The SMILES string of the molecule is O=S(=O)(Cc1ccc(Cl)cc1)N1CC[C@H](Oc2ccc(-c3noc(C(F)(F)F)n3)cn2)C1. The molecule has 0 N–H and O–H groups in total. The van der Waals surface area contributed by atoms with Gasteiger partial charge in [0.25, 0.3) is 0 Å². The maximum Gasteiger partial charge on any atom is 0.471 e. The number of aromatic nitrogens is 3. The first kappa shape index (κ1) is 22.5. The summed E-state index contributed by atoms with van der Waals surface area (Å²) < 4.78 is 74.4. The third kappa shape index (κ3) is 5.19. The molecule has 0 saturated carbocycles. The van der Waals surface area contributed by atoms with Crippen molar-refractivity contribution in [3.63, 3.8) is 0 Å². The third-order valence-corrected chi connectivity index (χ3v) is 6.78. The minimum atomic E-state index is -4.73. The van der Waals surface area contributed by atoms with Gasteiger partial charge in [0.05, 0.1) is 12.3 Å². The molecule has 1 fully saturated rings. The zero-order chi connectivity index (χ0) is 22.9. The van der Waals surface area contributed by atoms with E-state index in [0.717, 1.165) is 0 Å². The van der Waals surface area contributed by atoms with Crippen LogP contribution in [0.5, 0.6) is 5.88 Å². The van der Waals surface area contributed by atoms with Crippen molar-refractivity contribution in [2.75, 3.05) is 13.1 Å². The Balaban J connectivity index is 1.36. The van der Waals surface area contributed by atoms with E-state index >= 15 is 0 Å². The first-order chi connectivity index (χ1) is 15.1. The van der Waals surface area contributed by atoms with E-state index < -0.39 is 28.2 Å². The number of rotatable bonds is 6. The summed E-state index contributed by atoms with van der Waals surface area (Å²) >= 11 is 5.83. The van der Waals surface area contributed by atoms with Crippen LogP contribution in [0.15, 0.2) is 47.1 Å². The second kappa shape index (κ2) is 8.68. The van der Waals surface area contributed by atoms with E-state index in [1.54, 1.807) is 24.3 Å². The van der Waals surface area contributed by atoms with Gasteiger partial charge in [-0.25, -0.2) is 13.4 Å². The van der Waals surface area contributed by atoms with Crippen LogP contribution < -0.4 is 4.74 Å². The fraction of sp³-hybridized carbons (Fsp3) is 0.316. The van der Waals surface area contributed by atoms with Crippen LogP contribution >= 0.6 is 11.6 Å². The zero-order valence-corrected chi connectivity index (χ0v) is 17.9. The van der Waals surface area contributed by atoms with Crippen molar-refractivity contribution >= 4 is 21.6 Å². The monoisotopic (exact) mass is 488 g/mol. The molecular formula is C19H16ClF3N4O4S. The maximum absolute atomic E-state index is 12.7. The van der Waals surface area contributed by atoms with E-state index in [1.807, 2.05) is 0 Å². The highest BCUT2D eigenvalue weighted by molar-refractivity contribution is 7.88. The minimum Gasteiger partial charge on any atom is -0.473 e. The average Bonchev–Trinajstić information content (AvgIpc) is 3.40. The van der Waals surface area contributed by atoms with Crippen LogP contribution in [0.2, 0.25) is 5.02 Å². The molecule has 1 aliphatic rings. The third-order valence-electron chi connectivity index (χ3n) is 4.71. The van der Waals surface area contributed by atoms with Gasteiger partial charge in [0.1, 0.15) is 6.10 Å². The fourth-order valence-electron chi connectivity index (χ4n) is 3.14. The Hall–Kier alpha value is -2.70. The largest absolute Gasteiger partial charge is 0.473 e. The molecular weight excluding hydrogens is 473 g/mol. The molecule has 13 heteroatoms. The lowest BCUT2D eigenvalue weighted by Gasteiger charge is -2.17. The average molecular weight is 489 g/mol. The summed E-state index contributed by atoms with van der Waals surface area (Å²) in [6.07, 6.45) is -3.41. The van der Waals surface area contributed by atoms with Crippen molar-refractivity contribution in [3.05, 3.63) is 59.1 Å². The highest BCUT2D eigenvalue weighted by Crippen LogP contribution is 2.29. The number of ether oxygens (including phenoxy) is 1. The molecule has 3 aromatic rings. The highest BCUT2D eigenvalue weighted by Gasteiger charge is 2.38. The zero-order valence-electron chi connectivity index (χ0n) is 16.3. The molecule has 0 spiro atoms. The van der Waals surface area contributed by atoms with Gasteiger partial charge in [-0.1, -0.05) is 28.9 Å². The lowest BCUT2D eigenvalue weighted by Crippen LogP contribution is -2.32. The number of benzene rings is 1. The summed E-state index contributed by atoms with van der Waals surface area (Å²) in [5.41, 5.74) is 0.848. The van der Waals surface area contributed by atoms with Crippen LogP contribution in [0.3, 0.4) is 0 Å². The standard InChI is InChI=1S/C19H16ClF3N4O4S/c20-14-4-1-12(2-5-14)11-32(28,29)27-8-7-15(10-27)30-16-6-3-13(9-24-16)17-25-18(31-26-17)19(21,22)23/h1-6,9,15H,7-8,10-11H2/t15-/m0/s1. The van der Waals surface area contributed by atoms with E-state index in [2.05, 4.69) is 19.6 Å². The molecule has 1 atom stereocenters. The molecule has 2 aromatic heterocycles. The van der Waals surface area contributed by atoms with Gasteiger partial charge in [-0.2, -0.15) is 22.5 Å². The van der Waals surface area contributed by atoms with Gasteiger partial charge in [-0.05, 0) is 30.2 Å². The van der Waals surface area contributed by atoms with Crippen molar-refractivity contribution in [2.45, 2.75) is 24.5 Å². The van der Waals surface area contributed by atoms with Gasteiger partial charge in [0, 0.05) is 29.4 Å². The normalized spacial score (nSPS) is 17.6. The van der Waals surface area contributed by atoms with Crippen molar-refractivity contribution in [2.24, 2.45) is 0 Å². The lowest BCUT2D eigenvalue weighted by molar-refractivity contribution is -0.159. The molecule has 0 bridgehead atoms. The number of hydrogen-bond acceptors (Lipinski definition) is 7. The van der Waals surface area contributed by atoms with Crippen molar-refractivity contribution in [1.82, 2.24) is 19.4 Å². The molecule has 32 heavy (non-hydrogen) atoms. The van der Waals surface area contributed by atoms with Gasteiger partial charge in [0.2, 0.25) is 21.7 Å². The summed E-state index contributed by atoms with van der Waals surface area (Å²) in [6, 6.07) is 9.49. The number of alkyl halides is 3. The number of hydrogen-bond donors (Lipinski definition) is 0. The Morgan fingerprint density at radius 3 is 2.56 bits per heavy atom. The van der Waals surface area contributed by atoms with Gasteiger partial charge >= 0.3 is 12.1 Å². The molecule has 0 radical (unpaired) electrons. The quantitative estimate of drug-likeness (QED) is 0.520. The molecule has 1 saturated heterocycles. The molecule has 170 valence electrons. The Bertz CT molecular complexity index is 1180. The van der Waals surface area contributed by atoms with Crippen molar-refractivity contribution in [3.8, 4) is 17.3 Å². The van der Waals surface area contributed by atoms with Gasteiger partial charge < -0.3 is 9.26 Å². The topological polar surface area (TPSA) is 98.4 Å². The van der Waals surface area contributed by atoms with Gasteiger partial charge in [0.15, 0.2) is 0 Å². The van der Waals surface area contributed by atoms with Gasteiger partial charge in [-0.15, -0.1) is 0 Å². The molecule has 0 aliphatic carbocycles. The van der Waals surface area contributed by atoms with E-state index in [0.29, 0.717) is 23.6 Å². The summed E-state index contributed by atoms with van der Waals surface area (Å²) in [6.45, 7) is 0.473.